The molecule has 3 rings (SSSR count). The Morgan fingerprint density at radius 3 is 2.50 bits per heavy atom. The lowest BCUT2D eigenvalue weighted by molar-refractivity contribution is -0.132. The highest BCUT2D eigenvalue weighted by Gasteiger charge is 2.50. The van der Waals surface area contributed by atoms with Crippen LogP contribution >= 0.6 is 11.6 Å². The van der Waals surface area contributed by atoms with Gasteiger partial charge in [-0.05, 0) is 37.3 Å². The van der Waals surface area contributed by atoms with Gasteiger partial charge in [-0.1, -0.05) is 29.8 Å². The molecular formula is C17H13ClFNO5S. The molecule has 9 heteroatoms. The Morgan fingerprint density at radius 2 is 1.85 bits per heavy atom. The number of ketones is 1. The van der Waals surface area contributed by atoms with Gasteiger partial charge in [0.1, 0.15) is 5.82 Å². The molecule has 1 aliphatic rings. The summed E-state index contributed by atoms with van der Waals surface area (Å²) in [4.78, 5) is 12.3. The number of halogens is 2. The van der Waals surface area contributed by atoms with Gasteiger partial charge >= 0.3 is 0 Å². The van der Waals surface area contributed by atoms with Crippen molar-refractivity contribution in [1.29, 1.82) is 0 Å². The van der Waals surface area contributed by atoms with Crippen LogP contribution in [0, 0.1) is 5.82 Å². The molecule has 0 radical (unpaired) electrons. The molecule has 0 saturated carbocycles. The molecule has 6 nitrogen and oxygen atoms in total. The quantitative estimate of drug-likeness (QED) is 0.827. The molecule has 0 aromatic heterocycles. The van der Waals surface area contributed by atoms with Gasteiger partial charge < -0.3 is 9.84 Å². The van der Waals surface area contributed by atoms with Crippen LogP contribution in [0.2, 0.25) is 5.02 Å². The number of rotatable bonds is 4. The number of hydrogen-bond donors (Lipinski definition) is 2. The molecule has 26 heavy (non-hydrogen) atoms. The predicted octanol–water partition coefficient (Wildman–Crippen LogP) is 3.00. The van der Waals surface area contributed by atoms with E-state index in [-0.39, 0.29) is 15.5 Å². The Balaban J connectivity index is 1.97. The smallest absolute Gasteiger partial charge is 0.264 e. The summed E-state index contributed by atoms with van der Waals surface area (Å²) >= 11 is 5.84. The van der Waals surface area contributed by atoms with E-state index in [4.69, 9.17) is 16.3 Å². The summed E-state index contributed by atoms with van der Waals surface area (Å²) in [5.74, 6) is -3.42. The number of carbonyl (C=O) groups is 1. The first kappa shape index (κ1) is 18.2. The van der Waals surface area contributed by atoms with Crippen LogP contribution in [0.1, 0.15) is 12.5 Å². The highest BCUT2D eigenvalue weighted by Crippen LogP contribution is 2.39. The van der Waals surface area contributed by atoms with E-state index in [1.807, 2.05) is 4.72 Å². The van der Waals surface area contributed by atoms with Crippen molar-refractivity contribution in [2.45, 2.75) is 17.4 Å². The van der Waals surface area contributed by atoms with Crippen LogP contribution in [-0.2, 0) is 25.2 Å². The van der Waals surface area contributed by atoms with Crippen LogP contribution in [0.3, 0.4) is 0 Å². The molecule has 1 unspecified atom stereocenters. The van der Waals surface area contributed by atoms with Crippen LogP contribution < -0.4 is 4.72 Å². The molecule has 0 fully saturated rings. The van der Waals surface area contributed by atoms with Crippen molar-refractivity contribution < 1.29 is 27.4 Å². The third kappa shape index (κ3) is 3.02. The average Bonchev–Trinajstić information content (AvgIpc) is 2.82. The summed E-state index contributed by atoms with van der Waals surface area (Å²) in [6.07, 6.45) is 0. The first-order valence-electron chi connectivity index (χ1n) is 7.35. The van der Waals surface area contributed by atoms with Gasteiger partial charge in [-0.15, -0.1) is 0 Å². The third-order valence-electron chi connectivity index (χ3n) is 3.89. The van der Waals surface area contributed by atoms with Crippen molar-refractivity contribution >= 4 is 27.4 Å². The number of aliphatic hydroxyl groups is 1. The highest BCUT2D eigenvalue weighted by atomic mass is 35.5. The number of nitrogens with one attached hydrogen (secondary N) is 1. The van der Waals surface area contributed by atoms with E-state index in [0.29, 0.717) is 0 Å². The lowest BCUT2D eigenvalue weighted by atomic mass is 9.91. The highest BCUT2D eigenvalue weighted by molar-refractivity contribution is 7.89. The predicted molar refractivity (Wildman–Crippen MR) is 91.3 cm³/mol. The number of benzene rings is 2. The van der Waals surface area contributed by atoms with Crippen LogP contribution in [0.5, 0.6) is 0 Å². The Morgan fingerprint density at radius 1 is 1.19 bits per heavy atom. The Labute approximate surface area is 153 Å². The molecule has 2 N–H and O–H groups in total. The summed E-state index contributed by atoms with van der Waals surface area (Å²) in [6.45, 7) is 1.21. The fraction of sp³-hybridized carbons (Fsp3) is 0.118. The average molecular weight is 398 g/mol. The van der Waals surface area contributed by atoms with Gasteiger partial charge in [-0.3, -0.25) is 4.79 Å². The molecule has 0 bridgehead atoms. The Kier molecular flexibility index (Phi) is 4.41. The molecule has 1 atom stereocenters. The number of carbonyl (C=O) groups excluding carboxylic acids is 1. The molecule has 0 aliphatic carbocycles. The monoisotopic (exact) mass is 397 g/mol. The maximum Gasteiger partial charge on any atom is 0.264 e. The van der Waals surface area contributed by atoms with E-state index >= 15 is 0 Å². The lowest BCUT2D eigenvalue weighted by Gasteiger charge is -2.24. The fourth-order valence-corrected chi connectivity index (χ4v) is 3.71. The van der Waals surface area contributed by atoms with Gasteiger partial charge in [0.05, 0.1) is 4.90 Å². The SMILES string of the molecule is CC1(c2cc(Cl)ccc2F)OC(NS(=O)(=O)c2ccccc2)=C(O)C1=O. The van der Waals surface area contributed by atoms with Crippen LogP contribution in [0.15, 0.2) is 65.1 Å². The number of Topliss-reactive ketones (excluding diaryl/α,β-unsaturated/α-hetero) is 1. The minimum atomic E-state index is -4.12. The van der Waals surface area contributed by atoms with Crippen LogP contribution in [0.25, 0.3) is 0 Å². The van der Waals surface area contributed by atoms with Gasteiger partial charge in [-0.25, -0.2) is 17.5 Å². The maximum absolute atomic E-state index is 14.2. The molecule has 136 valence electrons. The minimum Gasteiger partial charge on any atom is -0.501 e. The number of hydrogen-bond acceptors (Lipinski definition) is 5. The normalized spacial score (nSPS) is 20.2. The minimum absolute atomic E-state index is 0.0983. The molecule has 1 heterocycles. The fourth-order valence-electron chi connectivity index (χ4n) is 2.52. The molecular weight excluding hydrogens is 385 g/mol. The molecule has 2 aromatic rings. The Bertz CT molecular complexity index is 1020. The van der Waals surface area contributed by atoms with E-state index in [1.54, 1.807) is 6.07 Å². The van der Waals surface area contributed by atoms with E-state index < -0.39 is 38.9 Å². The molecule has 0 saturated heterocycles. The first-order chi connectivity index (χ1) is 12.1. The van der Waals surface area contributed by atoms with E-state index in [2.05, 4.69) is 0 Å². The standard InChI is InChI=1S/C17H13ClFNO5S/c1-17(12-9-10(18)7-8-13(12)19)15(22)14(21)16(25-17)20-26(23,24)11-5-3-2-4-6-11/h2-9,20-21H,1H3. The Hall–Kier alpha value is -2.58. The third-order valence-corrected chi connectivity index (χ3v) is 5.47. The summed E-state index contributed by atoms with van der Waals surface area (Å²) in [7, 11) is -4.12. The van der Waals surface area contributed by atoms with E-state index in [0.717, 1.165) is 6.07 Å². The second-order valence-corrected chi connectivity index (χ2v) is 7.80. The summed E-state index contributed by atoms with van der Waals surface area (Å²) in [5, 5.41) is 10.2. The van der Waals surface area contributed by atoms with Crippen molar-refractivity contribution in [1.82, 2.24) is 4.72 Å². The summed E-state index contributed by atoms with van der Waals surface area (Å²) < 4.78 is 46.3. The molecule has 2 aromatic carbocycles. The van der Waals surface area contributed by atoms with Crippen molar-refractivity contribution in [3.05, 3.63) is 76.6 Å². The number of aliphatic hydroxyl groups excluding tert-OH is 1. The lowest BCUT2D eigenvalue weighted by Crippen LogP contribution is -2.33. The zero-order valence-corrected chi connectivity index (χ0v) is 14.9. The van der Waals surface area contributed by atoms with Crippen molar-refractivity contribution in [2.24, 2.45) is 0 Å². The second-order valence-electron chi connectivity index (χ2n) is 5.68. The van der Waals surface area contributed by atoms with Gasteiger partial charge in [0.2, 0.25) is 17.2 Å². The molecule has 1 aliphatic heterocycles. The zero-order valence-electron chi connectivity index (χ0n) is 13.4. The van der Waals surface area contributed by atoms with Gasteiger partial charge in [0, 0.05) is 10.6 Å². The van der Waals surface area contributed by atoms with Crippen molar-refractivity contribution in [3.63, 3.8) is 0 Å². The number of sulfonamides is 1. The topological polar surface area (TPSA) is 92.7 Å². The maximum atomic E-state index is 14.2. The van der Waals surface area contributed by atoms with Gasteiger partial charge in [-0.2, -0.15) is 0 Å². The van der Waals surface area contributed by atoms with Gasteiger partial charge in [0.25, 0.3) is 15.8 Å². The number of ether oxygens (including phenoxy) is 1. The second kappa shape index (κ2) is 6.30. The zero-order chi connectivity index (χ0) is 19.1. The van der Waals surface area contributed by atoms with E-state index in [1.165, 1.54) is 43.3 Å². The van der Waals surface area contributed by atoms with Crippen molar-refractivity contribution in [2.75, 3.05) is 0 Å². The molecule has 0 spiro atoms. The van der Waals surface area contributed by atoms with Gasteiger partial charge in [0.15, 0.2) is 0 Å². The molecule has 0 amide bonds. The van der Waals surface area contributed by atoms with Crippen molar-refractivity contribution in [3.8, 4) is 0 Å². The largest absolute Gasteiger partial charge is 0.501 e. The first-order valence-corrected chi connectivity index (χ1v) is 9.22. The van der Waals surface area contributed by atoms with Crippen LogP contribution in [0.4, 0.5) is 4.39 Å². The van der Waals surface area contributed by atoms with Crippen LogP contribution in [-0.4, -0.2) is 19.3 Å². The summed E-state index contributed by atoms with van der Waals surface area (Å²) in [6, 6.07) is 10.8. The van der Waals surface area contributed by atoms with E-state index in [9.17, 15) is 22.7 Å². The summed E-state index contributed by atoms with van der Waals surface area (Å²) in [5.41, 5.74) is -2.19.